The monoisotopic (exact) mass is 228 g/mol. The molecule has 3 nitrogen and oxygen atoms in total. The van der Waals surface area contributed by atoms with Crippen molar-refractivity contribution in [3.05, 3.63) is 0 Å². The SMILES string of the molecule is CCC(C)(CN)CNCC1(CCOC)CC1. The molecule has 0 amide bonds. The lowest BCUT2D eigenvalue weighted by Gasteiger charge is -2.28. The van der Waals surface area contributed by atoms with E-state index in [2.05, 4.69) is 19.2 Å². The quantitative estimate of drug-likeness (QED) is 0.632. The van der Waals surface area contributed by atoms with Crippen LogP contribution >= 0.6 is 0 Å². The minimum atomic E-state index is 0.261. The highest BCUT2D eigenvalue weighted by atomic mass is 16.5. The Balaban J connectivity index is 2.19. The topological polar surface area (TPSA) is 47.3 Å². The Labute approximate surface area is 100 Å². The highest BCUT2D eigenvalue weighted by Gasteiger charge is 2.41. The van der Waals surface area contributed by atoms with Crippen molar-refractivity contribution in [2.24, 2.45) is 16.6 Å². The van der Waals surface area contributed by atoms with Crippen molar-refractivity contribution in [2.75, 3.05) is 33.4 Å². The average molecular weight is 228 g/mol. The van der Waals surface area contributed by atoms with Crippen molar-refractivity contribution >= 4 is 0 Å². The number of methoxy groups -OCH3 is 1. The fourth-order valence-electron chi connectivity index (χ4n) is 1.98. The Hall–Kier alpha value is -0.120. The molecule has 0 heterocycles. The maximum Gasteiger partial charge on any atom is 0.0468 e. The molecule has 0 aliphatic heterocycles. The van der Waals surface area contributed by atoms with Gasteiger partial charge >= 0.3 is 0 Å². The lowest BCUT2D eigenvalue weighted by Crippen LogP contribution is -2.39. The number of rotatable bonds is 9. The van der Waals surface area contributed by atoms with Crippen LogP contribution in [0.2, 0.25) is 0 Å². The molecule has 3 heteroatoms. The normalized spacial score (nSPS) is 21.8. The second-order valence-corrected chi connectivity index (χ2v) is 5.71. The first kappa shape index (κ1) is 13.9. The molecule has 0 saturated heterocycles. The molecule has 0 radical (unpaired) electrons. The predicted molar refractivity (Wildman–Crippen MR) is 68.5 cm³/mol. The minimum Gasteiger partial charge on any atom is -0.385 e. The predicted octanol–water partition coefficient (Wildman–Crippen LogP) is 1.77. The smallest absolute Gasteiger partial charge is 0.0468 e. The van der Waals surface area contributed by atoms with Crippen LogP contribution in [0.5, 0.6) is 0 Å². The van der Waals surface area contributed by atoms with Crippen LogP contribution in [0.4, 0.5) is 0 Å². The van der Waals surface area contributed by atoms with E-state index in [0.29, 0.717) is 5.41 Å². The van der Waals surface area contributed by atoms with Crippen molar-refractivity contribution < 1.29 is 4.74 Å². The number of nitrogens with two attached hydrogens (primary N) is 1. The van der Waals surface area contributed by atoms with E-state index in [0.717, 1.165) is 32.7 Å². The van der Waals surface area contributed by atoms with Crippen LogP contribution < -0.4 is 11.1 Å². The highest BCUT2D eigenvalue weighted by molar-refractivity contribution is 4.95. The third-order valence-corrected chi connectivity index (χ3v) is 4.19. The number of nitrogens with one attached hydrogen (secondary N) is 1. The van der Waals surface area contributed by atoms with E-state index in [-0.39, 0.29) is 5.41 Å². The molecule has 1 atom stereocenters. The fourth-order valence-corrected chi connectivity index (χ4v) is 1.98. The van der Waals surface area contributed by atoms with Crippen LogP contribution in [0.15, 0.2) is 0 Å². The summed E-state index contributed by atoms with van der Waals surface area (Å²) in [6, 6.07) is 0. The molecule has 96 valence electrons. The van der Waals surface area contributed by atoms with E-state index in [9.17, 15) is 0 Å². The molecule has 0 aromatic rings. The zero-order valence-electron chi connectivity index (χ0n) is 11.1. The van der Waals surface area contributed by atoms with Crippen LogP contribution in [0.25, 0.3) is 0 Å². The summed E-state index contributed by atoms with van der Waals surface area (Å²) in [4.78, 5) is 0. The first-order valence-corrected chi connectivity index (χ1v) is 6.49. The van der Waals surface area contributed by atoms with Gasteiger partial charge in [-0.2, -0.15) is 0 Å². The Morgan fingerprint density at radius 2 is 2.12 bits per heavy atom. The number of hydrogen-bond donors (Lipinski definition) is 2. The maximum atomic E-state index is 5.80. The molecule has 0 aromatic carbocycles. The average Bonchev–Trinajstić information content (AvgIpc) is 3.07. The molecule has 1 rings (SSSR count). The highest BCUT2D eigenvalue weighted by Crippen LogP contribution is 2.48. The zero-order chi connectivity index (χ0) is 12.1. The van der Waals surface area contributed by atoms with Crippen LogP contribution in [0.3, 0.4) is 0 Å². The lowest BCUT2D eigenvalue weighted by atomic mass is 9.87. The summed E-state index contributed by atoms with van der Waals surface area (Å²) in [7, 11) is 1.78. The summed E-state index contributed by atoms with van der Waals surface area (Å²) < 4.78 is 5.16. The standard InChI is InChI=1S/C13H28N2O/c1-4-12(2,9-14)10-15-11-13(5-6-13)7-8-16-3/h15H,4-11,14H2,1-3H3. The third kappa shape index (κ3) is 4.04. The molecule has 1 aliphatic rings. The summed E-state index contributed by atoms with van der Waals surface area (Å²) in [5, 5.41) is 3.60. The molecule has 1 saturated carbocycles. The summed E-state index contributed by atoms with van der Waals surface area (Å²) >= 11 is 0. The van der Waals surface area contributed by atoms with Crippen molar-refractivity contribution in [1.29, 1.82) is 0 Å². The van der Waals surface area contributed by atoms with E-state index >= 15 is 0 Å². The third-order valence-electron chi connectivity index (χ3n) is 4.19. The van der Waals surface area contributed by atoms with E-state index in [1.807, 2.05) is 0 Å². The molecule has 0 aromatic heterocycles. The summed E-state index contributed by atoms with van der Waals surface area (Å²) in [5.41, 5.74) is 6.61. The van der Waals surface area contributed by atoms with Crippen LogP contribution in [-0.2, 0) is 4.74 Å². The Kier molecular flexibility index (Phi) is 5.22. The van der Waals surface area contributed by atoms with Gasteiger partial charge in [-0.3, -0.25) is 0 Å². The van der Waals surface area contributed by atoms with Gasteiger partial charge in [0.25, 0.3) is 0 Å². The molecule has 16 heavy (non-hydrogen) atoms. The van der Waals surface area contributed by atoms with Crippen LogP contribution in [-0.4, -0.2) is 33.4 Å². The van der Waals surface area contributed by atoms with E-state index < -0.39 is 0 Å². The second kappa shape index (κ2) is 5.99. The Morgan fingerprint density at radius 3 is 2.56 bits per heavy atom. The van der Waals surface area contributed by atoms with Gasteiger partial charge in [0.15, 0.2) is 0 Å². The number of ether oxygens (including phenoxy) is 1. The molecule has 0 spiro atoms. The fraction of sp³-hybridized carbons (Fsp3) is 1.00. The summed E-state index contributed by atoms with van der Waals surface area (Å²) in [6.07, 6.45) is 5.05. The Bertz CT molecular complexity index is 198. The van der Waals surface area contributed by atoms with Gasteiger partial charge in [0, 0.05) is 26.8 Å². The molecular weight excluding hydrogens is 200 g/mol. The van der Waals surface area contributed by atoms with Crippen molar-refractivity contribution in [1.82, 2.24) is 5.32 Å². The molecule has 0 bridgehead atoms. The first-order valence-electron chi connectivity index (χ1n) is 6.49. The summed E-state index contributed by atoms with van der Waals surface area (Å²) in [5.74, 6) is 0. The number of hydrogen-bond acceptors (Lipinski definition) is 3. The Morgan fingerprint density at radius 1 is 1.44 bits per heavy atom. The molecule has 1 fully saturated rings. The van der Waals surface area contributed by atoms with Gasteiger partial charge in [0.2, 0.25) is 0 Å². The second-order valence-electron chi connectivity index (χ2n) is 5.71. The van der Waals surface area contributed by atoms with Gasteiger partial charge in [0.1, 0.15) is 0 Å². The molecule has 1 unspecified atom stereocenters. The van der Waals surface area contributed by atoms with Gasteiger partial charge in [-0.1, -0.05) is 13.8 Å². The molecule has 3 N–H and O–H groups in total. The van der Waals surface area contributed by atoms with E-state index in [1.54, 1.807) is 7.11 Å². The first-order chi connectivity index (χ1) is 7.60. The van der Waals surface area contributed by atoms with Gasteiger partial charge in [-0.05, 0) is 43.1 Å². The van der Waals surface area contributed by atoms with Gasteiger partial charge in [0.05, 0.1) is 0 Å². The van der Waals surface area contributed by atoms with Crippen LogP contribution in [0, 0.1) is 10.8 Å². The maximum absolute atomic E-state index is 5.80. The van der Waals surface area contributed by atoms with E-state index in [1.165, 1.54) is 19.3 Å². The van der Waals surface area contributed by atoms with Crippen molar-refractivity contribution in [2.45, 2.75) is 39.5 Å². The molecule has 1 aliphatic carbocycles. The van der Waals surface area contributed by atoms with Crippen molar-refractivity contribution in [3.8, 4) is 0 Å². The zero-order valence-corrected chi connectivity index (χ0v) is 11.1. The van der Waals surface area contributed by atoms with Gasteiger partial charge in [-0.25, -0.2) is 0 Å². The minimum absolute atomic E-state index is 0.261. The van der Waals surface area contributed by atoms with E-state index in [4.69, 9.17) is 10.5 Å². The van der Waals surface area contributed by atoms with Gasteiger partial charge < -0.3 is 15.8 Å². The summed E-state index contributed by atoms with van der Waals surface area (Å²) in [6.45, 7) is 8.30. The van der Waals surface area contributed by atoms with Crippen LogP contribution in [0.1, 0.15) is 39.5 Å². The lowest BCUT2D eigenvalue weighted by molar-refractivity contribution is 0.169. The van der Waals surface area contributed by atoms with Gasteiger partial charge in [-0.15, -0.1) is 0 Å². The largest absolute Gasteiger partial charge is 0.385 e. The van der Waals surface area contributed by atoms with Crippen molar-refractivity contribution in [3.63, 3.8) is 0 Å². The molecular formula is C13H28N2O.